The van der Waals surface area contributed by atoms with Gasteiger partial charge in [-0.05, 0) is 24.6 Å². The van der Waals surface area contributed by atoms with Gasteiger partial charge in [0.05, 0.1) is 16.6 Å². The average Bonchev–Trinajstić information content (AvgIpc) is 2.60. The van der Waals surface area contributed by atoms with Crippen molar-refractivity contribution in [3.8, 4) is 0 Å². The summed E-state index contributed by atoms with van der Waals surface area (Å²) in [4.78, 5) is 3.98. The van der Waals surface area contributed by atoms with Gasteiger partial charge >= 0.3 is 6.18 Å². The number of imidazole rings is 1. The van der Waals surface area contributed by atoms with E-state index in [2.05, 4.69) is 4.98 Å². The van der Waals surface area contributed by atoms with Crippen molar-refractivity contribution in [3.05, 3.63) is 23.8 Å². The van der Waals surface area contributed by atoms with Gasteiger partial charge in [0.1, 0.15) is 0 Å². The van der Waals surface area contributed by atoms with Gasteiger partial charge in [-0.3, -0.25) is 0 Å². The van der Waals surface area contributed by atoms with Gasteiger partial charge in [-0.1, -0.05) is 13.3 Å². The molecule has 18 heavy (non-hydrogen) atoms. The van der Waals surface area contributed by atoms with E-state index in [9.17, 15) is 13.2 Å². The number of aryl methyl sites for hydroxylation is 1. The molecule has 0 aliphatic rings. The smallest absolute Gasteiger partial charge is 0.369 e. The molecule has 0 fully saturated rings. The maximum atomic E-state index is 12.6. The Labute approximate surface area is 102 Å². The predicted molar refractivity (Wildman–Crippen MR) is 64.1 cm³/mol. The molecule has 3 nitrogen and oxygen atoms in total. The first-order valence-corrected chi connectivity index (χ1v) is 5.76. The largest absolute Gasteiger partial charge is 0.416 e. The third-order valence-corrected chi connectivity index (χ3v) is 2.84. The van der Waals surface area contributed by atoms with Crippen LogP contribution in [0.5, 0.6) is 0 Å². The Kier molecular flexibility index (Phi) is 3.19. The minimum atomic E-state index is -4.35. The van der Waals surface area contributed by atoms with E-state index >= 15 is 0 Å². The molecule has 0 amide bonds. The summed E-state index contributed by atoms with van der Waals surface area (Å²) in [5, 5.41) is 0. The van der Waals surface area contributed by atoms with Gasteiger partial charge in [0.2, 0.25) is 5.95 Å². The van der Waals surface area contributed by atoms with Crippen LogP contribution in [0.15, 0.2) is 18.2 Å². The van der Waals surface area contributed by atoms with Crippen LogP contribution < -0.4 is 5.73 Å². The molecule has 0 atom stereocenters. The molecule has 2 N–H and O–H groups in total. The first kappa shape index (κ1) is 12.7. The number of alkyl halides is 3. The third kappa shape index (κ3) is 2.27. The van der Waals surface area contributed by atoms with Crippen molar-refractivity contribution in [2.45, 2.75) is 32.5 Å². The van der Waals surface area contributed by atoms with Gasteiger partial charge in [0.15, 0.2) is 0 Å². The fourth-order valence-corrected chi connectivity index (χ4v) is 1.88. The lowest BCUT2D eigenvalue weighted by Crippen LogP contribution is -2.05. The Balaban J connectivity index is 2.48. The molecule has 6 heteroatoms. The Morgan fingerprint density at radius 2 is 2.06 bits per heavy atom. The molecule has 0 saturated carbocycles. The number of benzene rings is 1. The maximum absolute atomic E-state index is 12.6. The number of hydrogen-bond donors (Lipinski definition) is 1. The van der Waals surface area contributed by atoms with E-state index in [1.807, 2.05) is 6.92 Å². The minimum absolute atomic E-state index is 0.262. The van der Waals surface area contributed by atoms with Crippen molar-refractivity contribution in [3.63, 3.8) is 0 Å². The van der Waals surface area contributed by atoms with Crippen molar-refractivity contribution in [2.75, 3.05) is 5.73 Å². The van der Waals surface area contributed by atoms with Gasteiger partial charge in [0.25, 0.3) is 0 Å². The lowest BCUT2D eigenvalue weighted by Gasteiger charge is -2.07. The van der Waals surface area contributed by atoms with Crippen LogP contribution in [0.25, 0.3) is 11.0 Å². The molecule has 0 aliphatic heterocycles. The van der Waals surface area contributed by atoms with E-state index in [1.54, 1.807) is 4.57 Å². The number of hydrogen-bond acceptors (Lipinski definition) is 2. The molecule has 0 saturated heterocycles. The molecule has 0 bridgehead atoms. The monoisotopic (exact) mass is 257 g/mol. The molecule has 2 aromatic rings. The predicted octanol–water partition coefficient (Wildman–Crippen LogP) is 3.44. The summed E-state index contributed by atoms with van der Waals surface area (Å²) in [7, 11) is 0. The average molecular weight is 257 g/mol. The molecule has 1 aromatic heterocycles. The van der Waals surface area contributed by atoms with Crippen molar-refractivity contribution < 1.29 is 13.2 Å². The van der Waals surface area contributed by atoms with E-state index in [0.29, 0.717) is 17.6 Å². The number of halogens is 3. The first-order chi connectivity index (χ1) is 8.43. The Bertz CT molecular complexity index is 557. The van der Waals surface area contributed by atoms with E-state index in [4.69, 9.17) is 5.73 Å². The highest BCUT2D eigenvalue weighted by Crippen LogP contribution is 2.31. The fraction of sp³-hybridized carbons (Fsp3) is 0.417. The second-order valence-corrected chi connectivity index (χ2v) is 4.18. The topological polar surface area (TPSA) is 43.8 Å². The highest BCUT2D eigenvalue weighted by molar-refractivity contribution is 5.79. The zero-order chi connectivity index (χ0) is 13.3. The number of rotatable bonds is 3. The summed E-state index contributed by atoms with van der Waals surface area (Å²) in [6.07, 6.45) is -2.45. The van der Waals surface area contributed by atoms with Crippen LogP contribution in [0.1, 0.15) is 25.3 Å². The number of nitrogen functional groups attached to an aromatic ring is 1. The lowest BCUT2D eigenvalue weighted by molar-refractivity contribution is -0.137. The summed E-state index contributed by atoms with van der Waals surface area (Å²) < 4.78 is 39.4. The van der Waals surface area contributed by atoms with E-state index in [1.165, 1.54) is 6.07 Å². The van der Waals surface area contributed by atoms with Crippen LogP contribution in [-0.2, 0) is 12.7 Å². The van der Waals surface area contributed by atoms with Gasteiger partial charge in [-0.15, -0.1) is 0 Å². The van der Waals surface area contributed by atoms with Crippen LogP contribution in [0.4, 0.5) is 19.1 Å². The molecule has 2 rings (SSSR count). The molecule has 98 valence electrons. The van der Waals surface area contributed by atoms with Crippen LogP contribution in [0, 0.1) is 0 Å². The summed E-state index contributed by atoms with van der Waals surface area (Å²) in [6, 6.07) is 3.53. The molecular formula is C12H14F3N3. The fourth-order valence-electron chi connectivity index (χ4n) is 1.88. The SMILES string of the molecule is CCCCn1c(N)nc2cc(C(F)(F)F)ccc21. The standard InChI is InChI=1S/C12H14F3N3/c1-2-3-6-18-10-5-4-8(12(13,14)15)7-9(10)17-11(18)16/h4-5,7H,2-3,6H2,1H3,(H2,16,17). The molecular weight excluding hydrogens is 243 g/mol. The Morgan fingerprint density at radius 3 is 2.67 bits per heavy atom. The zero-order valence-electron chi connectivity index (χ0n) is 9.96. The van der Waals surface area contributed by atoms with Crippen molar-refractivity contribution in [1.82, 2.24) is 9.55 Å². The molecule has 0 spiro atoms. The van der Waals surface area contributed by atoms with Gasteiger partial charge in [0, 0.05) is 6.54 Å². The van der Waals surface area contributed by atoms with Crippen molar-refractivity contribution in [2.24, 2.45) is 0 Å². The van der Waals surface area contributed by atoms with E-state index < -0.39 is 11.7 Å². The number of nitrogens with zero attached hydrogens (tertiary/aromatic N) is 2. The first-order valence-electron chi connectivity index (χ1n) is 5.76. The number of anilines is 1. The molecule has 1 aromatic carbocycles. The van der Waals surface area contributed by atoms with Gasteiger partial charge in [-0.2, -0.15) is 13.2 Å². The van der Waals surface area contributed by atoms with Crippen LogP contribution in [-0.4, -0.2) is 9.55 Å². The van der Waals surface area contributed by atoms with E-state index in [0.717, 1.165) is 25.0 Å². The van der Waals surface area contributed by atoms with Crippen LogP contribution in [0.3, 0.4) is 0 Å². The maximum Gasteiger partial charge on any atom is 0.416 e. The Morgan fingerprint density at radius 1 is 1.33 bits per heavy atom. The second-order valence-electron chi connectivity index (χ2n) is 4.18. The second kappa shape index (κ2) is 4.51. The van der Waals surface area contributed by atoms with Gasteiger partial charge < -0.3 is 10.3 Å². The van der Waals surface area contributed by atoms with E-state index in [-0.39, 0.29) is 5.95 Å². The summed E-state index contributed by atoms with van der Waals surface area (Å²) in [5.74, 6) is 0.262. The molecule has 0 radical (unpaired) electrons. The van der Waals surface area contributed by atoms with Gasteiger partial charge in [-0.25, -0.2) is 4.98 Å². The summed E-state index contributed by atoms with van der Waals surface area (Å²) in [5.41, 5.74) is 5.96. The quantitative estimate of drug-likeness (QED) is 0.915. The number of nitrogens with two attached hydrogens (primary N) is 1. The number of unbranched alkanes of at least 4 members (excludes halogenated alkanes) is 1. The zero-order valence-corrected chi connectivity index (χ0v) is 9.96. The highest BCUT2D eigenvalue weighted by Gasteiger charge is 2.31. The van der Waals surface area contributed by atoms with Crippen LogP contribution >= 0.6 is 0 Å². The highest BCUT2D eigenvalue weighted by atomic mass is 19.4. The van der Waals surface area contributed by atoms with Crippen molar-refractivity contribution >= 4 is 17.0 Å². The van der Waals surface area contributed by atoms with Crippen LogP contribution in [0.2, 0.25) is 0 Å². The molecule has 0 unspecified atom stereocenters. The third-order valence-electron chi connectivity index (χ3n) is 2.84. The number of fused-ring (bicyclic) bond motifs is 1. The molecule has 1 heterocycles. The normalized spacial score (nSPS) is 12.2. The lowest BCUT2D eigenvalue weighted by atomic mass is 10.2. The summed E-state index contributed by atoms with van der Waals surface area (Å²) >= 11 is 0. The molecule has 0 aliphatic carbocycles. The van der Waals surface area contributed by atoms with Crippen molar-refractivity contribution in [1.29, 1.82) is 0 Å². The Hall–Kier alpha value is -1.72. The minimum Gasteiger partial charge on any atom is -0.369 e. The summed E-state index contributed by atoms with van der Waals surface area (Å²) in [6.45, 7) is 2.71. The number of aromatic nitrogens is 2.